The molecular weight excluding hydrogens is 224 g/mol. The summed E-state index contributed by atoms with van der Waals surface area (Å²) >= 11 is 0. The van der Waals surface area contributed by atoms with E-state index in [9.17, 15) is 0 Å². The molecule has 0 atom stereocenters. The lowest BCUT2D eigenvalue weighted by Gasteiger charge is -2.08. The number of hydrogen-bond acceptors (Lipinski definition) is 3. The highest BCUT2D eigenvalue weighted by molar-refractivity contribution is 5.26. The van der Waals surface area contributed by atoms with Gasteiger partial charge in [0.05, 0.1) is 5.69 Å². The fourth-order valence-corrected chi connectivity index (χ4v) is 2.42. The van der Waals surface area contributed by atoms with Crippen LogP contribution in [-0.4, -0.2) is 11.5 Å². The number of benzene rings is 1. The van der Waals surface area contributed by atoms with Gasteiger partial charge in [0, 0.05) is 25.9 Å². The average molecular weight is 242 g/mol. The molecule has 18 heavy (non-hydrogen) atoms. The Labute approximate surface area is 107 Å². The van der Waals surface area contributed by atoms with Crippen molar-refractivity contribution in [2.24, 2.45) is 0 Å². The minimum atomic E-state index is 0.850. The molecule has 0 saturated carbocycles. The van der Waals surface area contributed by atoms with Crippen LogP contribution in [-0.2, 0) is 25.8 Å². The summed E-state index contributed by atoms with van der Waals surface area (Å²) in [4.78, 5) is 4.57. The molecule has 0 aliphatic carbocycles. The maximum absolute atomic E-state index is 5.82. The van der Waals surface area contributed by atoms with Crippen molar-refractivity contribution in [3.05, 3.63) is 52.7 Å². The molecule has 0 fully saturated rings. The number of rotatable bonds is 3. The number of nitrogens with one attached hydrogen (secondary N) is 1. The first kappa shape index (κ1) is 11.5. The molecule has 3 heteroatoms. The number of nitrogens with zero attached hydrogens (tertiary/aromatic N) is 1. The van der Waals surface area contributed by atoms with Crippen molar-refractivity contribution in [2.45, 2.75) is 32.7 Å². The van der Waals surface area contributed by atoms with Gasteiger partial charge in [-0.05, 0) is 24.5 Å². The molecule has 0 amide bonds. The van der Waals surface area contributed by atoms with Gasteiger partial charge in [-0.3, -0.25) is 0 Å². The normalized spacial score (nSPS) is 14.5. The van der Waals surface area contributed by atoms with Crippen molar-refractivity contribution in [1.82, 2.24) is 10.3 Å². The molecule has 2 aromatic rings. The Morgan fingerprint density at radius 1 is 1.28 bits per heavy atom. The molecule has 1 N–H and O–H groups in total. The summed E-state index contributed by atoms with van der Waals surface area (Å²) in [5, 5.41) is 3.31. The molecule has 0 bridgehead atoms. The topological polar surface area (TPSA) is 38.1 Å². The first-order chi connectivity index (χ1) is 8.83. The molecule has 0 radical (unpaired) electrons. The van der Waals surface area contributed by atoms with Crippen LogP contribution in [0.4, 0.5) is 0 Å². The van der Waals surface area contributed by atoms with Gasteiger partial charge >= 0.3 is 0 Å². The van der Waals surface area contributed by atoms with Gasteiger partial charge in [-0.25, -0.2) is 4.98 Å². The van der Waals surface area contributed by atoms with Gasteiger partial charge in [0.1, 0.15) is 5.76 Å². The number of fused-ring (bicyclic) bond motifs is 1. The van der Waals surface area contributed by atoms with Crippen LogP contribution in [0.3, 0.4) is 0 Å². The second kappa shape index (κ2) is 4.94. The van der Waals surface area contributed by atoms with Crippen molar-refractivity contribution in [2.75, 3.05) is 6.54 Å². The molecule has 3 nitrogen and oxygen atoms in total. The van der Waals surface area contributed by atoms with Gasteiger partial charge in [-0.1, -0.05) is 24.3 Å². The first-order valence-corrected chi connectivity index (χ1v) is 6.55. The predicted octanol–water partition coefficient (Wildman–Crippen LogP) is 2.41. The smallest absolute Gasteiger partial charge is 0.195 e. The quantitative estimate of drug-likeness (QED) is 0.898. The zero-order chi connectivity index (χ0) is 12.4. The van der Waals surface area contributed by atoms with Crippen LogP contribution in [0.2, 0.25) is 0 Å². The lowest BCUT2D eigenvalue weighted by atomic mass is 10.0. The lowest BCUT2D eigenvalue weighted by molar-refractivity contribution is 0.438. The maximum atomic E-state index is 5.82. The molecule has 1 aliphatic heterocycles. The molecule has 0 spiro atoms. The zero-order valence-corrected chi connectivity index (χ0v) is 10.7. The largest absolute Gasteiger partial charge is 0.445 e. The van der Waals surface area contributed by atoms with Crippen molar-refractivity contribution in [3.8, 4) is 0 Å². The summed E-state index contributed by atoms with van der Waals surface area (Å²) in [6.45, 7) is 4.00. The Bertz CT molecular complexity index is 522. The molecule has 3 rings (SSSR count). The maximum Gasteiger partial charge on any atom is 0.195 e. The number of oxazole rings is 1. The second-order valence-corrected chi connectivity index (χ2v) is 4.83. The summed E-state index contributed by atoms with van der Waals surface area (Å²) in [6, 6.07) is 8.50. The number of hydrogen-bond donors (Lipinski definition) is 1. The van der Waals surface area contributed by atoms with Gasteiger partial charge in [-0.2, -0.15) is 0 Å². The average Bonchev–Trinajstić information content (AvgIpc) is 2.80. The van der Waals surface area contributed by atoms with E-state index in [-0.39, 0.29) is 0 Å². The van der Waals surface area contributed by atoms with Gasteiger partial charge < -0.3 is 9.73 Å². The minimum Gasteiger partial charge on any atom is -0.445 e. The fourth-order valence-electron chi connectivity index (χ4n) is 2.42. The van der Waals surface area contributed by atoms with Crippen LogP contribution in [0, 0.1) is 6.92 Å². The highest BCUT2D eigenvalue weighted by atomic mass is 16.4. The standard InChI is InChI=1S/C15H18N2O/c1-11-4-2-3-5-12(11)6-7-15-17-13-10-16-9-8-14(13)18-15/h2-5,16H,6-10H2,1H3. The molecule has 2 heterocycles. The monoisotopic (exact) mass is 242 g/mol. The second-order valence-electron chi connectivity index (χ2n) is 4.83. The minimum absolute atomic E-state index is 0.850. The molecule has 1 aliphatic rings. The first-order valence-electron chi connectivity index (χ1n) is 6.55. The molecule has 0 unspecified atom stereocenters. The Kier molecular flexibility index (Phi) is 3.15. The van der Waals surface area contributed by atoms with Gasteiger partial charge in [0.2, 0.25) is 0 Å². The summed E-state index contributed by atoms with van der Waals surface area (Å²) < 4.78 is 5.82. The van der Waals surface area contributed by atoms with E-state index in [0.29, 0.717) is 0 Å². The van der Waals surface area contributed by atoms with Gasteiger partial charge in [0.15, 0.2) is 5.89 Å². The highest BCUT2D eigenvalue weighted by Crippen LogP contribution is 2.17. The molecular formula is C15H18N2O. The van der Waals surface area contributed by atoms with Crippen molar-refractivity contribution in [3.63, 3.8) is 0 Å². The van der Waals surface area contributed by atoms with Crippen molar-refractivity contribution >= 4 is 0 Å². The summed E-state index contributed by atoms with van der Waals surface area (Å²) in [5.41, 5.74) is 3.82. The zero-order valence-electron chi connectivity index (χ0n) is 10.7. The van der Waals surface area contributed by atoms with Crippen LogP contribution < -0.4 is 5.32 Å². The Hall–Kier alpha value is -1.61. The van der Waals surface area contributed by atoms with Crippen LogP contribution in [0.1, 0.15) is 28.5 Å². The molecule has 0 saturated heterocycles. The molecule has 94 valence electrons. The van der Waals surface area contributed by atoms with E-state index in [0.717, 1.165) is 49.7 Å². The Balaban J connectivity index is 1.70. The third-order valence-electron chi connectivity index (χ3n) is 3.51. The Morgan fingerprint density at radius 3 is 3.00 bits per heavy atom. The van der Waals surface area contributed by atoms with E-state index in [1.165, 1.54) is 11.1 Å². The summed E-state index contributed by atoms with van der Waals surface area (Å²) in [5.74, 6) is 1.96. The fraction of sp³-hybridized carbons (Fsp3) is 0.400. The summed E-state index contributed by atoms with van der Waals surface area (Å²) in [6.07, 6.45) is 2.85. The van der Waals surface area contributed by atoms with E-state index >= 15 is 0 Å². The third kappa shape index (κ3) is 2.31. The van der Waals surface area contributed by atoms with Crippen molar-refractivity contribution in [1.29, 1.82) is 0 Å². The number of aromatic nitrogens is 1. The third-order valence-corrected chi connectivity index (χ3v) is 3.51. The molecule has 1 aromatic carbocycles. The van der Waals surface area contributed by atoms with Crippen LogP contribution in [0.25, 0.3) is 0 Å². The van der Waals surface area contributed by atoms with Gasteiger partial charge in [0.25, 0.3) is 0 Å². The van der Waals surface area contributed by atoms with Crippen LogP contribution in [0.5, 0.6) is 0 Å². The molecule has 1 aromatic heterocycles. The van der Waals surface area contributed by atoms with Crippen LogP contribution in [0.15, 0.2) is 28.7 Å². The predicted molar refractivity (Wildman–Crippen MR) is 70.5 cm³/mol. The lowest BCUT2D eigenvalue weighted by Crippen LogP contribution is -2.22. The van der Waals surface area contributed by atoms with E-state index in [2.05, 4.69) is 41.5 Å². The Morgan fingerprint density at radius 2 is 2.17 bits per heavy atom. The van der Waals surface area contributed by atoms with Gasteiger partial charge in [-0.15, -0.1) is 0 Å². The number of aryl methyl sites for hydroxylation is 3. The summed E-state index contributed by atoms with van der Waals surface area (Å²) in [7, 11) is 0. The van der Waals surface area contributed by atoms with Crippen molar-refractivity contribution < 1.29 is 4.42 Å². The van der Waals surface area contributed by atoms with E-state index in [4.69, 9.17) is 4.42 Å². The van der Waals surface area contributed by atoms with E-state index < -0.39 is 0 Å². The van der Waals surface area contributed by atoms with E-state index in [1.54, 1.807) is 0 Å². The SMILES string of the molecule is Cc1ccccc1CCc1nc2c(o1)CCNC2. The van der Waals surface area contributed by atoms with E-state index in [1.807, 2.05) is 0 Å². The van der Waals surface area contributed by atoms with Crippen LogP contribution >= 0.6 is 0 Å². The highest BCUT2D eigenvalue weighted by Gasteiger charge is 2.16.